The molecule has 0 spiro atoms. The first-order chi connectivity index (χ1) is 9.11. The maximum absolute atomic E-state index is 11.7. The van der Waals surface area contributed by atoms with Crippen molar-refractivity contribution in [1.82, 2.24) is 20.1 Å². The van der Waals surface area contributed by atoms with Crippen LogP contribution >= 0.6 is 11.6 Å². The van der Waals surface area contributed by atoms with E-state index in [1.54, 1.807) is 35.9 Å². The van der Waals surface area contributed by atoms with Crippen LogP contribution in [0, 0.1) is 19.3 Å². The number of benzene rings is 1. The van der Waals surface area contributed by atoms with E-state index in [0.717, 1.165) is 5.69 Å². The number of amides is 1. The average Bonchev–Trinajstić information content (AvgIpc) is 2.79. The van der Waals surface area contributed by atoms with Gasteiger partial charge in [0.1, 0.15) is 5.82 Å². The monoisotopic (exact) mass is 274 g/mol. The second-order valence-corrected chi connectivity index (χ2v) is 4.19. The summed E-state index contributed by atoms with van der Waals surface area (Å²) in [5.74, 6) is 2.61. The lowest BCUT2D eigenvalue weighted by atomic mass is 10.3. The predicted octanol–water partition coefficient (Wildman–Crippen LogP) is 1.59. The molecule has 1 heterocycles. The van der Waals surface area contributed by atoms with E-state index in [4.69, 9.17) is 18.0 Å². The summed E-state index contributed by atoms with van der Waals surface area (Å²) in [7, 11) is 0. The Bertz CT molecular complexity index is 640. The summed E-state index contributed by atoms with van der Waals surface area (Å²) in [5, 5.41) is 7.29. The fourth-order valence-corrected chi connectivity index (χ4v) is 1.65. The molecule has 0 saturated carbocycles. The van der Waals surface area contributed by atoms with Crippen LogP contribution in [0.15, 0.2) is 24.3 Å². The lowest BCUT2D eigenvalue weighted by molar-refractivity contribution is 0.0948. The molecule has 6 heteroatoms. The second-order valence-electron chi connectivity index (χ2n) is 3.76. The van der Waals surface area contributed by atoms with Gasteiger partial charge in [-0.2, -0.15) is 0 Å². The molecule has 1 aromatic heterocycles. The van der Waals surface area contributed by atoms with Crippen molar-refractivity contribution in [2.45, 2.75) is 6.92 Å². The van der Waals surface area contributed by atoms with Gasteiger partial charge in [0.2, 0.25) is 5.82 Å². The molecule has 1 amide bonds. The number of nitrogens with one attached hydrogen (secondary N) is 1. The van der Waals surface area contributed by atoms with Gasteiger partial charge in [0, 0.05) is 5.02 Å². The highest BCUT2D eigenvalue weighted by Crippen LogP contribution is 2.14. The van der Waals surface area contributed by atoms with E-state index in [1.807, 2.05) is 0 Å². The van der Waals surface area contributed by atoms with Gasteiger partial charge in [-0.3, -0.25) is 4.79 Å². The Kier molecular flexibility index (Phi) is 3.83. The van der Waals surface area contributed by atoms with E-state index >= 15 is 0 Å². The summed E-state index contributed by atoms with van der Waals surface area (Å²) in [5.41, 5.74) is 0.783. The largest absolute Gasteiger partial charge is 0.338 e. The van der Waals surface area contributed by atoms with Crippen molar-refractivity contribution in [3.05, 3.63) is 40.9 Å². The maximum Gasteiger partial charge on any atom is 0.291 e. The normalized spacial score (nSPS) is 9.95. The van der Waals surface area contributed by atoms with Crippen LogP contribution in [-0.2, 0) is 0 Å². The number of aryl methyl sites for hydroxylation is 1. The van der Waals surface area contributed by atoms with Crippen molar-refractivity contribution in [1.29, 1.82) is 0 Å². The van der Waals surface area contributed by atoms with Crippen LogP contribution in [0.2, 0.25) is 5.02 Å². The zero-order valence-corrected chi connectivity index (χ0v) is 11.0. The van der Waals surface area contributed by atoms with Gasteiger partial charge < -0.3 is 5.32 Å². The molecular formula is C13H11ClN4O. The SMILES string of the molecule is C#CCNC(=O)c1nc(C)n(-c2ccc(Cl)cc2)n1. The Morgan fingerprint density at radius 3 is 2.79 bits per heavy atom. The molecule has 19 heavy (non-hydrogen) atoms. The van der Waals surface area contributed by atoms with Crippen molar-refractivity contribution in [3.63, 3.8) is 0 Å². The molecule has 0 bridgehead atoms. The lowest BCUT2D eigenvalue weighted by Crippen LogP contribution is -2.24. The van der Waals surface area contributed by atoms with Crippen LogP contribution in [0.3, 0.4) is 0 Å². The molecule has 0 aliphatic carbocycles. The van der Waals surface area contributed by atoms with Gasteiger partial charge >= 0.3 is 0 Å². The number of hydrogen-bond donors (Lipinski definition) is 1. The van der Waals surface area contributed by atoms with E-state index < -0.39 is 5.91 Å². The molecule has 0 atom stereocenters. The Labute approximate surface area is 115 Å². The van der Waals surface area contributed by atoms with Crippen LogP contribution in [-0.4, -0.2) is 27.2 Å². The van der Waals surface area contributed by atoms with Gasteiger partial charge in [-0.1, -0.05) is 17.5 Å². The summed E-state index contributed by atoms with van der Waals surface area (Å²) in [6.07, 6.45) is 5.07. The average molecular weight is 275 g/mol. The van der Waals surface area contributed by atoms with Gasteiger partial charge in [0.15, 0.2) is 0 Å². The Hall–Kier alpha value is -2.32. The van der Waals surface area contributed by atoms with Crippen LogP contribution in [0.25, 0.3) is 5.69 Å². The molecule has 1 aromatic carbocycles. The van der Waals surface area contributed by atoms with Crippen LogP contribution in [0.1, 0.15) is 16.4 Å². The van der Waals surface area contributed by atoms with Gasteiger partial charge in [0.25, 0.3) is 5.91 Å². The van der Waals surface area contributed by atoms with E-state index in [9.17, 15) is 4.79 Å². The van der Waals surface area contributed by atoms with E-state index in [-0.39, 0.29) is 12.4 Å². The molecule has 0 radical (unpaired) electrons. The summed E-state index contributed by atoms with van der Waals surface area (Å²) in [6, 6.07) is 7.09. The predicted molar refractivity (Wildman–Crippen MR) is 72.3 cm³/mol. The lowest BCUT2D eigenvalue weighted by Gasteiger charge is -2.02. The standard InChI is InChI=1S/C13H11ClN4O/c1-3-8-15-13(19)12-16-9(2)18(17-12)11-6-4-10(14)5-7-11/h1,4-7H,8H2,2H3,(H,15,19). The number of aromatic nitrogens is 3. The minimum atomic E-state index is -0.395. The highest BCUT2D eigenvalue weighted by atomic mass is 35.5. The van der Waals surface area contributed by atoms with Crippen molar-refractivity contribution in [2.24, 2.45) is 0 Å². The Morgan fingerprint density at radius 1 is 1.47 bits per heavy atom. The minimum Gasteiger partial charge on any atom is -0.338 e. The highest BCUT2D eigenvalue weighted by molar-refractivity contribution is 6.30. The van der Waals surface area contributed by atoms with E-state index in [0.29, 0.717) is 10.8 Å². The third-order valence-corrected chi connectivity index (χ3v) is 2.65. The molecule has 0 saturated heterocycles. The molecule has 2 aromatic rings. The number of halogens is 1. The molecule has 96 valence electrons. The van der Waals surface area contributed by atoms with Gasteiger partial charge in [0.05, 0.1) is 12.2 Å². The van der Waals surface area contributed by atoms with Crippen LogP contribution in [0.5, 0.6) is 0 Å². The van der Waals surface area contributed by atoms with Crippen molar-refractivity contribution >= 4 is 17.5 Å². The molecule has 5 nitrogen and oxygen atoms in total. The van der Waals surface area contributed by atoms with Gasteiger partial charge in [-0.25, -0.2) is 9.67 Å². The molecule has 0 unspecified atom stereocenters. The topological polar surface area (TPSA) is 59.8 Å². The maximum atomic E-state index is 11.7. The minimum absolute atomic E-state index is 0.0858. The summed E-state index contributed by atoms with van der Waals surface area (Å²) >= 11 is 5.82. The van der Waals surface area contributed by atoms with Gasteiger partial charge in [-0.05, 0) is 31.2 Å². The number of hydrogen-bond acceptors (Lipinski definition) is 3. The summed E-state index contributed by atoms with van der Waals surface area (Å²) in [4.78, 5) is 15.8. The van der Waals surface area contributed by atoms with Crippen LogP contribution < -0.4 is 5.32 Å². The summed E-state index contributed by atoms with van der Waals surface area (Å²) < 4.78 is 1.57. The molecule has 2 rings (SSSR count). The molecular weight excluding hydrogens is 264 g/mol. The zero-order chi connectivity index (χ0) is 13.8. The van der Waals surface area contributed by atoms with E-state index in [2.05, 4.69) is 21.3 Å². The van der Waals surface area contributed by atoms with Crippen molar-refractivity contribution in [2.75, 3.05) is 6.54 Å². The number of terminal acetylenes is 1. The van der Waals surface area contributed by atoms with Crippen molar-refractivity contribution in [3.8, 4) is 18.0 Å². The third-order valence-electron chi connectivity index (χ3n) is 2.39. The third kappa shape index (κ3) is 2.92. The fourth-order valence-electron chi connectivity index (χ4n) is 1.52. The first-order valence-electron chi connectivity index (χ1n) is 5.53. The molecule has 0 aliphatic heterocycles. The zero-order valence-electron chi connectivity index (χ0n) is 10.2. The smallest absolute Gasteiger partial charge is 0.291 e. The highest BCUT2D eigenvalue weighted by Gasteiger charge is 2.14. The van der Waals surface area contributed by atoms with Crippen LogP contribution in [0.4, 0.5) is 0 Å². The first kappa shape index (κ1) is 13.1. The number of nitrogens with zero attached hydrogens (tertiary/aromatic N) is 3. The number of carbonyl (C=O) groups excluding carboxylic acids is 1. The Morgan fingerprint density at radius 2 is 2.16 bits per heavy atom. The molecule has 1 N–H and O–H groups in total. The quantitative estimate of drug-likeness (QED) is 0.865. The van der Waals surface area contributed by atoms with E-state index in [1.165, 1.54) is 0 Å². The summed E-state index contributed by atoms with van der Waals surface area (Å²) in [6.45, 7) is 1.91. The number of carbonyl (C=O) groups is 1. The Balaban J connectivity index is 2.29. The fraction of sp³-hybridized carbons (Fsp3) is 0.154. The molecule has 0 aliphatic rings. The first-order valence-corrected chi connectivity index (χ1v) is 5.91. The number of rotatable bonds is 3. The molecule has 0 fully saturated rings. The second kappa shape index (κ2) is 5.55. The van der Waals surface area contributed by atoms with Crippen molar-refractivity contribution < 1.29 is 4.79 Å². The van der Waals surface area contributed by atoms with Gasteiger partial charge in [-0.15, -0.1) is 11.5 Å².